The van der Waals surface area contributed by atoms with Gasteiger partial charge >= 0.3 is 6.18 Å². The van der Waals surface area contributed by atoms with Gasteiger partial charge in [0.05, 0.1) is 23.7 Å². The molecule has 0 saturated carbocycles. The molecule has 6 nitrogen and oxygen atoms in total. The number of ether oxygens (including phenoxy) is 1. The van der Waals surface area contributed by atoms with Crippen LogP contribution in [-0.4, -0.2) is 26.6 Å². The SMILES string of the molecule is COc1cccc(-n2c(Sc3nccc(C(F)(F)F)n3)nc3ccccc3c2=O)c1. The zero-order valence-corrected chi connectivity index (χ0v) is 16.2. The van der Waals surface area contributed by atoms with Crippen LogP contribution in [0.2, 0.25) is 0 Å². The Kier molecular flexibility index (Phi) is 5.17. The van der Waals surface area contributed by atoms with E-state index in [1.54, 1.807) is 48.5 Å². The molecule has 10 heteroatoms. The summed E-state index contributed by atoms with van der Waals surface area (Å²) in [7, 11) is 1.49. The minimum absolute atomic E-state index is 0.131. The Bertz CT molecular complexity index is 1290. The van der Waals surface area contributed by atoms with Gasteiger partial charge in [-0.3, -0.25) is 9.36 Å². The topological polar surface area (TPSA) is 69.9 Å². The van der Waals surface area contributed by atoms with Crippen LogP contribution in [-0.2, 0) is 6.18 Å². The van der Waals surface area contributed by atoms with Crippen LogP contribution in [0.4, 0.5) is 13.2 Å². The number of halogens is 3. The van der Waals surface area contributed by atoms with Crippen molar-refractivity contribution in [1.29, 1.82) is 0 Å². The van der Waals surface area contributed by atoms with Gasteiger partial charge in [0.15, 0.2) is 10.3 Å². The summed E-state index contributed by atoms with van der Waals surface area (Å²) in [5.41, 5.74) is -0.581. The molecule has 2 heterocycles. The van der Waals surface area contributed by atoms with E-state index in [1.807, 2.05) is 0 Å². The summed E-state index contributed by atoms with van der Waals surface area (Å²) in [6.45, 7) is 0. The third kappa shape index (κ3) is 3.86. The number of nitrogens with zero attached hydrogens (tertiary/aromatic N) is 4. The molecule has 0 bridgehead atoms. The van der Waals surface area contributed by atoms with Gasteiger partial charge in [-0.15, -0.1) is 0 Å². The van der Waals surface area contributed by atoms with Gasteiger partial charge in [-0.05, 0) is 42.1 Å². The maximum absolute atomic E-state index is 13.2. The summed E-state index contributed by atoms with van der Waals surface area (Å²) < 4.78 is 45.6. The van der Waals surface area contributed by atoms with Crippen molar-refractivity contribution in [2.24, 2.45) is 0 Å². The number of fused-ring (bicyclic) bond motifs is 1. The number of benzene rings is 2. The normalized spacial score (nSPS) is 11.6. The minimum Gasteiger partial charge on any atom is -0.497 e. The Morgan fingerprint density at radius 2 is 1.83 bits per heavy atom. The molecule has 30 heavy (non-hydrogen) atoms. The van der Waals surface area contributed by atoms with E-state index >= 15 is 0 Å². The highest BCUT2D eigenvalue weighted by Gasteiger charge is 2.33. The van der Waals surface area contributed by atoms with Crippen LogP contribution in [0.3, 0.4) is 0 Å². The van der Waals surface area contributed by atoms with Gasteiger partial charge in [-0.2, -0.15) is 13.2 Å². The quantitative estimate of drug-likeness (QED) is 0.448. The number of hydrogen-bond acceptors (Lipinski definition) is 6. The number of para-hydroxylation sites is 1. The standard InChI is InChI=1S/C20H13F3N4O2S/c1-29-13-6-4-5-12(11-13)27-17(28)14-7-2-3-8-15(14)25-19(27)30-18-24-10-9-16(26-18)20(21,22)23/h2-11H,1H3. The first-order valence-corrected chi connectivity index (χ1v) is 9.43. The molecule has 0 unspecified atom stereocenters. The Morgan fingerprint density at radius 3 is 2.60 bits per heavy atom. The largest absolute Gasteiger partial charge is 0.497 e. The number of hydrogen-bond donors (Lipinski definition) is 0. The van der Waals surface area contributed by atoms with Crippen LogP contribution in [0.15, 0.2) is 75.9 Å². The minimum atomic E-state index is -4.61. The average molecular weight is 430 g/mol. The number of rotatable bonds is 4. The van der Waals surface area contributed by atoms with Crippen molar-refractivity contribution in [2.75, 3.05) is 7.11 Å². The van der Waals surface area contributed by atoms with Crippen molar-refractivity contribution in [2.45, 2.75) is 16.5 Å². The lowest BCUT2D eigenvalue weighted by Gasteiger charge is -2.14. The van der Waals surface area contributed by atoms with Crippen LogP contribution in [0.5, 0.6) is 5.75 Å². The highest BCUT2D eigenvalue weighted by atomic mass is 32.2. The Morgan fingerprint density at radius 1 is 1.03 bits per heavy atom. The Hall–Kier alpha value is -3.40. The summed E-state index contributed by atoms with van der Waals surface area (Å²) in [6.07, 6.45) is -3.59. The molecule has 0 saturated heterocycles. The molecular weight excluding hydrogens is 417 g/mol. The first kappa shape index (κ1) is 19.9. The van der Waals surface area contributed by atoms with Gasteiger partial charge in [0, 0.05) is 12.3 Å². The molecule has 0 spiro atoms. The lowest BCUT2D eigenvalue weighted by atomic mass is 10.2. The van der Waals surface area contributed by atoms with E-state index in [0.717, 1.165) is 24.0 Å². The van der Waals surface area contributed by atoms with Crippen LogP contribution in [0.1, 0.15) is 5.69 Å². The zero-order chi connectivity index (χ0) is 21.3. The van der Waals surface area contributed by atoms with Crippen molar-refractivity contribution in [1.82, 2.24) is 19.5 Å². The molecule has 152 valence electrons. The van der Waals surface area contributed by atoms with E-state index < -0.39 is 11.9 Å². The molecule has 2 aromatic carbocycles. The van der Waals surface area contributed by atoms with E-state index in [9.17, 15) is 18.0 Å². The van der Waals surface area contributed by atoms with Gasteiger partial charge in [0.1, 0.15) is 11.4 Å². The van der Waals surface area contributed by atoms with Crippen molar-refractivity contribution in [3.8, 4) is 11.4 Å². The van der Waals surface area contributed by atoms with E-state index in [2.05, 4.69) is 15.0 Å². The predicted octanol–water partition coefficient (Wildman–Crippen LogP) is 4.35. The van der Waals surface area contributed by atoms with E-state index in [1.165, 1.54) is 11.7 Å². The first-order chi connectivity index (χ1) is 14.4. The van der Waals surface area contributed by atoms with Gasteiger partial charge in [-0.1, -0.05) is 18.2 Å². The van der Waals surface area contributed by atoms with E-state index in [4.69, 9.17) is 4.74 Å². The third-order valence-electron chi connectivity index (χ3n) is 4.16. The fourth-order valence-electron chi connectivity index (χ4n) is 2.79. The molecule has 0 radical (unpaired) electrons. The lowest BCUT2D eigenvalue weighted by molar-refractivity contribution is -0.141. The second kappa shape index (κ2) is 7.79. The fraction of sp³-hybridized carbons (Fsp3) is 0.100. The molecule has 0 amide bonds. The number of alkyl halides is 3. The molecule has 4 rings (SSSR count). The van der Waals surface area contributed by atoms with Crippen molar-refractivity contribution in [3.63, 3.8) is 0 Å². The summed E-state index contributed by atoms with van der Waals surface area (Å²) in [5, 5.41) is 0.324. The molecule has 0 aliphatic carbocycles. The summed E-state index contributed by atoms with van der Waals surface area (Å²) >= 11 is 0.771. The highest BCUT2D eigenvalue weighted by Crippen LogP contribution is 2.31. The number of aromatic nitrogens is 4. The lowest BCUT2D eigenvalue weighted by Crippen LogP contribution is -2.22. The molecular formula is C20H13F3N4O2S. The first-order valence-electron chi connectivity index (χ1n) is 8.61. The summed E-state index contributed by atoms with van der Waals surface area (Å²) in [4.78, 5) is 25.2. The predicted molar refractivity (Wildman–Crippen MR) is 105 cm³/mol. The summed E-state index contributed by atoms with van der Waals surface area (Å²) in [5.74, 6) is 0.513. The Balaban J connectivity index is 1.91. The Labute approximate surface area is 172 Å². The van der Waals surface area contributed by atoms with E-state index in [0.29, 0.717) is 22.3 Å². The van der Waals surface area contributed by atoms with Crippen molar-refractivity contribution >= 4 is 22.7 Å². The van der Waals surface area contributed by atoms with Crippen LogP contribution < -0.4 is 10.3 Å². The molecule has 2 aromatic heterocycles. The van der Waals surface area contributed by atoms with Crippen LogP contribution in [0, 0.1) is 0 Å². The monoisotopic (exact) mass is 430 g/mol. The molecule has 0 N–H and O–H groups in total. The summed E-state index contributed by atoms with van der Waals surface area (Å²) in [6, 6.07) is 14.2. The molecule has 0 atom stereocenters. The van der Waals surface area contributed by atoms with Crippen LogP contribution >= 0.6 is 11.8 Å². The second-order valence-corrected chi connectivity index (χ2v) is 7.01. The van der Waals surface area contributed by atoms with E-state index in [-0.39, 0.29) is 15.9 Å². The van der Waals surface area contributed by atoms with Gasteiger partial charge < -0.3 is 4.74 Å². The molecule has 0 aliphatic rings. The van der Waals surface area contributed by atoms with Gasteiger partial charge in [0.2, 0.25) is 0 Å². The maximum Gasteiger partial charge on any atom is 0.433 e. The average Bonchev–Trinajstić information content (AvgIpc) is 2.73. The van der Waals surface area contributed by atoms with Crippen molar-refractivity contribution in [3.05, 3.63) is 76.8 Å². The second-order valence-electron chi connectivity index (χ2n) is 6.08. The molecule has 4 aromatic rings. The van der Waals surface area contributed by atoms with Gasteiger partial charge in [0.25, 0.3) is 5.56 Å². The maximum atomic E-state index is 13.2. The zero-order valence-electron chi connectivity index (χ0n) is 15.4. The van der Waals surface area contributed by atoms with Crippen LogP contribution in [0.25, 0.3) is 16.6 Å². The fourth-order valence-corrected chi connectivity index (χ4v) is 3.63. The van der Waals surface area contributed by atoms with Crippen molar-refractivity contribution < 1.29 is 17.9 Å². The number of methoxy groups -OCH3 is 1. The molecule has 0 fully saturated rings. The van der Waals surface area contributed by atoms with Gasteiger partial charge in [-0.25, -0.2) is 15.0 Å². The third-order valence-corrected chi connectivity index (χ3v) is 5.00. The smallest absolute Gasteiger partial charge is 0.433 e. The molecule has 0 aliphatic heterocycles. The highest BCUT2D eigenvalue weighted by molar-refractivity contribution is 7.99.